The van der Waals surface area contributed by atoms with Crippen LogP contribution in [0.2, 0.25) is 0 Å². The van der Waals surface area contributed by atoms with Gasteiger partial charge >= 0.3 is 0 Å². The number of aromatic nitrogens is 4. The summed E-state index contributed by atoms with van der Waals surface area (Å²) >= 11 is 0. The predicted octanol–water partition coefficient (Wildman–Crippen LogP) is 0.285. The molecule has 2 atom stereocenters. The van der Waals surface area contributed by atoms with E-state index < -0.39 is 0 Å². The number of ether oxygens (including phenoxy) is 1. The normalized spacial score (nSPS) is 24.2. The molecule has 3 rings (SSSR count). The van der Waals surface area contributed by atoms with Gasteiger partial charge in [-0.15, -0.1) is 0 Å². The van der Waals surface area contributed by atoms with Gasteiger partial charge < -0.3 is 15.3 Å². The van der Waals surface area contributed by atoms with Crippen LogP contribution in [0.5, 0.6) is 0 Å². The number of carbonyl (C=O) groups excluding carboxylic acids is 1. The van der Waals surface area contributed by atoms with Gasteiger partial charge in [0, 0.05) is 0 Å². The largest absolute Gasteiger partial charge is 0.382 e. The summed E-state index contributed by atoms with van der Waals surface area (Å²) in [6.45, 7) is 0. The van der Waals surface area contributed by atoms with Gasteiger partial charge in [-0.1, -0.05) is 0 Å². The standard InChI is InChI=1S/C10H11N5O2/c11-9-8-10(13-4-12-9)15(5-14-8)7-2-1-6(3-16)17-7/h3-7H,1-2H2,(H2,11,12,13). The zero-order chi connectivity index (χ0) is 11.8. The van der Waals surface area contributed by atoms with Crippen LogP contribution in [0.25, 0.3) is 11.2 Å². The molecular weight excluding hydrogens is 222 g/mol. The molecule has 0 aromatic carbocycles. The highest BCUT2D eigenvalue weighted by atomic mass is 16.5. The highest BCUT2D eigenvalue weighted by Gasteiger charge is 2.27. The number of anilines is 1. The number of imidazole rings is 1. The van der Waals surface area contributed by atoms with Crippen molar-refractivity contribution in [2.45, 2.75) is 25.2 Å². The summed E-state index contributed by atoms with van der Waals surface area (Å²) in [6.07, 6.45) is 4.77. The molecule has 88 valence electrons. The van der Waals surface area contributed by atoms with Gasteiger partial charge in [-0.2, -0.15) is 0 Å². The number of aldehydes is 1. The van der Waals surface area contributed by atoms with E-state index in [0.29, 0.717) is 23.4 Å². The fraction of sp³-hybridized carbons (Fsp3) is 0.400. The van der Waals surface area contributed by atoms with Crippen LogP contribution in [-0.4, -0.2) is 31.9 Å². The number of hydrogen-bond acceptors (Lipinski definition) is 6. The highest BCUT2D eigenvalue weighted by Crippen LogP contribution is 2.29. The average Bonchev–Trinajstić information content (AvgIpc) is 2.94. The van der Waals surface area contributed by atoms with Gasteiger partial charge in [-0.05, 0) is 12.8 Å². The number of nitrogens with two attached hydrogens (primary N) is 1. The average molecular weight is 233 g/mol. The van der Waals surface area contributed by atoms with Crippen molar-refractivity contribution < 1.29 is 9.53 Å². The second-order valence-corrected chi connectivity index (χ2v) is 3.93. The number of nitrogens with zero attached hydrogens (tertiary/aromatic N) is 4. The molecule has 2 aromatic rings. The smallest absolute Gasteiger partial charge is 0.167 e. The van der Waals surface area contributed by atoms with Crippen LogP contribution in [0.3, 0.4) is 0 Å². The quantitative estimate of drug-likeness (QED) is 0.748. The molecule has 2 N–H and O–H groups in total. The maximum atomic E-state index is 10.6. The zero-order valence-electron chi connectivity index (χ0n) is 8.98. The summed E-state index contributed by atoms with van der Waals surface area (Å²) < 4.78 is 7.35. The first kappa shape index (κ1) is 10.2. The van der Waals surface area contributed by atoms with Crippen LogP contribution in [0.15, 0.2) is 12.7 Å². The van der Waals surface area contributed by atoms with Crippen LogP contribution >= 0.6 is 0 Å². The fourth-order valence-corrected chi connectivity index (χ4v) is 2.03. The molecule has 0 amide bonds. The Bertz CT molecular complexity index is 567. The molecular formula is C10H11N5O2. The van der Waals surface area contributed by atoms with Crippen molar-refractivity contribution >= 4 is 23.3 Å². The molecule has 0 spiro atoms. The van der Waals surface area contributed by atoms with Gasteiger partial charge in [0.1, 0.15) is 30.5 Å². The molecule has 2 unspecified atom stereocenters. The molecule has 1 aliphatic rings. The van der Waals surface area contributed by atoms with E-state index in [0.717, 1.165) is 12.7 Å². The Labute approximate surface area is 96.6 Å². The minimum absolute atomic E-state index is 0.204. The third kappa shape index (κ3) is 1.55. The Balaban J connectivity index is 2.01. The van der Waals surface area contributed by atoms with Gasteiger partial charge in [-0.25, -0.2) is 15.0 Å². The monoisotopic (exact) mass is 233 g/mol. The minimum Gasteiger partial charge on any atom is -0.382 e. The van der Waals surface area contributed by atoms with Crippen molar-refractivity contribution in [1.82, 2.24) is 19.5 Å². The number of hydrogen-bond donors (Lipinski definition) is 1. The number of rotatable bonds is 2. The first-order valence-electron chi connectivity index (χ1n) is 5.33. The Morgan fingerprint density at radius 3 is 3.06 bits per heavy atom. The van der Waals surface area contributed by atoms with Gasteiger partial charge in [0.15, 0.2) is 11.5 Å². The van der Waals surface area contributed by atoms with Crippen LogP contribution in [0.1, 0.15) is 19.1 Å². The molecule has 0 aliphatic carbocycles. The summed E-state index contributed by atoms with van der Waals surface area (Å²) in [5, 5.41) is 0. The third-order valence-corrected chi connectivity index (χ3v) is 2.88. The van der Waals surface area contributed by atoms with Gasteiger partial charge in [0.05, 0.1) is 6.33 Å². The molecule has 0 bridgehead atoms. The molecule has 0 radical (unpaired) electrons. The summed E-state index contributed by atoms with van der Waals surface area (Å²) in [5.41, 5.74) is 6.89. The van der Waals surface area contributed by atoms with Crippen molar-refractivity contribution in [3.8, 4) is 0 Å². The second kappa shape index (κ2) is 3.77. The van der Waals surface area contributed by atoms with E-state index in [4.69, 9.17) is 10.5 Å². The lowest BCUT2D eigenvalue weighted by Crippen LogP contribution is -2.11. The third-order valence-electron chi connectivity index (χ3n) is 2.88. The first-order valence-corrected chi connectivity index (χ1v) is 5.33. The number of carbonyl (C=O) groups is 1. The van der Waals surface area contributed by atoms with E-state index in [1.807, 2.05) is 0 Å². The maximum absolute atomic E-state index is 10.6. The van der Waals surface area contributed by atoms with Crippen molar-refractivity contribution in [1.29, 1.82) is 0 Å². The molecule has 1 fully saturated rings. The molecule has 1 saturated heterocycles. The van der Waals surface area contributed by atoms with E-state index in [1.54, 1.807) is 10.9 Å². The molecule has 0 saturated carbocycles. The SMILES string of the molecule is Nc1ncnc2c1ncn2C1CCC(C=O)O1. The van der Waals surface area contributed by atoms with Crippen molar-refractivity contribution in [2.24, 2.45) is 0 Å². The molecule has 17 heavy (non-hydrogen) atoms. The summed E-state index contributed by atoms with van der Waals surface area (Å²) in [6, 6.07) is 0. The van der Waals surface area contributed by atoms with E-state index in [1.165, 1.54) is 6.33 Å². The predicted molar refractivity (Wildman–Crippen MR) is 58.9 cm³/mol. The second-order valence-electron chi connectivity index (χ2n) is 3.93. The zero-order valence-corrected chi connectivity index (χ0v) is 8.98. The van der Waals surface area contributed by atoms with Crippen molar-refractivity contribution in [3.63, 3.8) is 0 Å². The van der Waals surface area contributed by atoms with Gasteiger partial charge in [-0.3, -0.25) is 4.57 Å². The minimum atomic E-state index is -0.336. The number of fused-ring (bicyclic) bond motifs is 1. The Morgan fingerprint density at radius 2 is 2.29 bits per heavy atom. The van der Waals surface area contributed by atoms with Crippen molar-refractivity contribution in [2.75, 3.05) is 5.73 Å². The van der Waals surface area contributed by atoms with Crippen LogP contribution in [0.4, 0.5) is 5.82 Å². The van der Waals surface area contributed by atoms with Gasteiger partial charge in [0.25, 0.3) is 0 Å². The summed E-state index contributed by atoms with van der Waals surface area (Å²) in [7, 11) is 0. The van der Waals surface area contributed by atoms with Crippen molar-refractivity contribution in [3.05, 3.63) is 12.7 Å². The lowest BCUT2D eigenvalue weighted by Gasteiger charge is -2.12. The molecule has 2 aromatic heterocycles. The Hall–Kier alpha value is -2.02. The van der Waals surface area contributed by atoms with Crippen LogP contribution in [0, 0.1) is 0 Å². The molecule has 7 heteroatoms. The molecule has 7 nitrogen and oxygen atoms in total. The number of nitrogen functional groups attached to an aromatic ring is 1. The van der Waals surface area contributed by atoms with Crippen LogP contribution < -0.4 is 5.73 Å². The molecule has 3 heterocycles. The Morgan fingerprint density at radius 1 is 1.41 bits per heavy atom. The highest BCUT2D eigenvalue weighted by molar-refractivity contribution is 5.81. The molecule has 1 aliphatic heterocycles. The lowest BCUT2D eigenvalue weighted by atomic mass is 10.2. The maximum Gasteiger partial charge on any atom is 0.167 e. The van der Waals surface area contributed by atoms with E-state index in [-0.39, 0.29) is 12.3 Å². The van der Waals surface area contributed by atoms with E-state index in [9.17, 15) is 4.79 Å². The fourth-order valence-electron chi connectivity index (χ4n) is 2.03. The Kier molecular flexibility index (Phi) is 2.25. The first-order chi connectivity index (χ1) is 8.29. The van der Waals surface area contributed by atoms with Gasteiger partial charge in [0.2, 0.25) is 0 Å². The topological polar surface area (TPSA) is 95.9 Å². The summed E-state index contributed by atoms with van der Waals surface area (Å²) in [4.78, 5) is 22.8. The summed E-state index contributed by atoms with van der Waals surface area (Å²) in [5.74, 6) is 0.346. The van der Waals surface area contributed by atoms with E-state index >= 15 is 0 Å². The lowest BCUT2D eigenvalue weighted by molar-refractivity contribution is -0.119. The van der Waals surface area contributed by atoms with E-state index in [2.05, 4.69) is 15.0 Å². The van der Waals surface area contributed by atoms with Crippen LogP contribution in [-0.2, 0) is 9.53 Å².